The van der Waals surface area contributed by atoms with Gasteiger partial charge in [0.1, 0.15) is 0 Å². The molecule has 0 aromatic rings. The minimum atomic E-state index is 0.477. The third-order valence-electron chi connectivity index (χ3n) is 4.11. The standard InChI is InChI=1S/C12H24N2/c1-10-4-2-3-5-12(10)14-8-6-11(13)7-9-14/h10-12H,2-9,13H2,1H3/t10-,12+/m1/s1. The highest BCUT2D eigenvalue weighted by Crippen LogP contribution is 2.29. The van der Waals surface area contributed by atoms with Crippen LogP contribution >= 0.6 is 0 Å². The molecule has 0 spiro atoms. The van der Waals surface area contributed by atoms with Crippen molar-refractivity contribution in [1.29, 1.82) is 0 Å². The zero-order valence-corrected chi connectivity index (χ0v) is 9.41. The van der Waals surface area contributed by atoms with E-state index in [-0.39, 0.29) is 0 Å². The number of hydrogen-bond donors (Lipinski definition) is 1. The van der Waals surface area contributed by atoms with Gasteiger partial charge in [-0.3, -0.25) is 0 Å². The summed E-state index contributed by atoms with van der Waals surface area (Å²) in [5.74, 6) is 0.915. The van der Waals surface area contributed by atoms with Gasteiger partial charge in [0.05, 0.1) is 0 Å². The first-order valence-electron chi connectivity index (χ1n) is 6.27. The molecule has 0 bridgehead atoms. The molecule has 1 saturated carbocycles. The molecule has 2 fully saturated rings. The van der Waals surface area contributed by atoms with Crippen LogP contribution in [0.15, 0.2) is 0 Å². The van der Waals surface area contributed by atoms with E-state index in [4.69, 9.17) is 5.73 Å². The molecule has 2 atom stereocenters. The summed E-state index contributed by atoms with van der Waals surface area (Å²) in [5, 5.41) is 0. The van der Waals surface area contributed by atoms with Crippen LogP contribution < -0.4 is 5.73 Å². The van der Waals surface area contributed by atoms with E-state index in [2.05, 4.69) is 11.8 Å². The Bertz CT molecular complexity index is 173. The van der Waals surface area contributed by atoms with Crippen LogP contribution in [-0.2, 0) is 0 Å². The molecule has 1 aliphatic heterocycles. The van der Waals surface area contributed by atoms with Crippen LogP contribution in [0.4, 0.5) is 0 Å². The predicted octanol–water partition coefficient (Wildman–Crippen LogP) is 1.99. The maximum absolute atomic E-state index is 5.93. The number of nitrogens with two attached hydrogens (primary N) is 1. The second-order valence-corrected chi connectivity index (χ2v) is 5.20. The van der Waals surface area contributed by atoms with Gasteiger partial charge >= 0.3 is 0 Å². The molecule has 2 nitrogen and oxygen atoms in total. The summed E-state index contributed by atoms with van der Waals surface area (Å²) in [6, 6.07) is 1.35. The fourth-order valence-electron chi connectivity index (χ4n) is 3.09. The largest absolute Gasteiger partial charge is 0.328 e. The van der Waals surface area contributed by atoms with Crippen LogP contribution in [0.3, 0.4) is 0 Å². The van der Waals surface area contributed by atoms with Crippen molar-refractivity contribution >= 4 is 0 Å². The van der Waals surface area contributed by atoms with Crippen LogP contribution in [-0.4, -0.2) is 30.1 Å². The molecule has 0 unspecified atom stereocenters. The van der Waals surface area contributed by atoms with Crippen LogP contribution in [0.5, 0.6) is 0 Å². The van der Waals surface area contributed by atoms with E-state index in [9.17, 15) is 0 Å². The normalized spacial score (nSPS) is 37.3. The molecule has 14 heavy (non-hydrogen) atoms. The van der Waals surface area contributed by atoms with E-state index < -0.39 is 0 Å². The Balaban J connectivity index is 1.87. The molecule has 1 saturated heterocycles. The van der Waals surface area contributed by atoms with Gasteiger partial charge < -0.3 is 10.6 Å². The van der Waals surface area contributed by atoms with Crippen molar-refractivity contribution in [2.45, 2.75) is 57.5 Å². The SMILES string of the molecule is C[C@@H]1CCCC[C@@H]1N1CCC(N)CC1. The molecular formula is C12H24N2. The molecular weight excluding hydrogens is 172 g/mol. The van der Waals surface area contributed by atoms with Crippen molar-refractivity contribution in [2.75, 3.05) is 13.1 Å². The third kappa shape index (κ3) is 2.29. The fraction of sp³-hybridized carbons (Fsp3) is 1.00. The third-order valence-corrected chi connectivity index (χ3v) is 4.11. The summed E-state index contributed by atoms with van der Waals surface area (Å²) in [7, 11) is 0. The van der Waals surface area contributed by atoms with Gasteiger partial charge in [0.2, 0.25) is 0 Å². The number of piperidine rings is 1. The second kappa shape index (κ2) is 4.63. The van der Waals surface area contributed by atoms with E-state index in [1.807, 2.05) is 0 Å². The van der Waals surface area contributed by atoms with E-state index in [1.54, 1.807) is 0 Å². The van der Waals surface area contributed by atoms with Crippen molar-refractivity contribution in [1.82, 2.24) is 4.90 Å². The minimum absolute atomic E-state index is 0.477. The maximum Gasteiger partial charge on any atom is 0.0121 e. The molecule has 2 rings (SSSR count). The smallest absolute Gasteiger partial charge is 0.0121 e. The summed E-state index contributed by atoms with van der Waals surface area (Å²) in [6.45, 7) is 4.92. The first kappa shape index (κ1) is 10.4. The lowest BCUT2D eigenvalue weighted by atomic mass is 9.84. The van der Waals surface area contributed by atoms with Gasteiger partial charge in [-0.05, 0) is 44.7 Å². The highest BCUT2D eigenvalue weighted by Gasteiger charge is 2.29. The van der Waals surface area contributed by atoms with Crippen LogP contribution in [0.25, 0.3) is 0 Å². The van der Waals surface area contributed by atoms with Gasteiger partial charge in [0, 0.05) is 12.1 Å². The number of rotatable bonds is 1. The van der Waals surface area contributed by atoms with Gasteiger partial charge in [0.15, 0.2) is 0 Å². The molecule has 0 aromatic carbocycles. The molecule has 82 valence electrons. The fourth-order valence-corrected chi connectivity index (χ4v) is 3.09. The monoisotopic (exact) mass is 196 g/mol. The van der Waals surface area contributed by atoms with Gasteiger partial charge in [-0.15, -0.1) is 0 Å². The van der Waals surface area contributed by atoms with E-state index in [0.29, 0.717) is 6.04 Å². The molecule has 1 aliphatic carbocycles. The van der Waals surface area contributed by atoms with Crippen LogP contribution in [0.2, 0.25) is 0 Å². The number of hydrogen-bond acceptors (Lipinski definition) is 2. The van der Waals surface area contributed by atoms with Crippen molar-refractivity contribution in [2.24, 2.45) is 11.7 Å². The lowest BCUT2D eigenvalue weighted by Crippen LogP contribution is -2.48. The van der Waals surface area contributed by atoms with E-state index in [1.165, 1.54) is 51.6 Å². The van der Waals surface area contributed by atoms with Gasteiger partial charge in [0.25, 0.3) is 0 Å². The first-order valence-corrected chi connectivity index (χ1v) is 6.27. The molecule has 2 heteroatoms. The van der Waals surface area contributed by atoms with Crippen molar-refractivity contribution < 1.29 is 0 Å². The molecule has 2 N–H and O–H groups in total. The van der Waals surface area contributed by atoms with Gasteiger partial charge in [-0.25, -0.2) is 0 Å². The Hall–Kier alpha value is -0.0800. The van der Waals surface area contributed by atoms with Crippen molar-refractivity contribution in [3.8, 4) is 0 Å². The quantitative estimate of drug-likeness (QED) is 0.695. The Morgan fingerprint density at radius 3 is 2.29 bits per heavy atom. The summed E-state index contributed by atoms with van der Waals surface area (Å²) in [4.78, 5) is 2.70. The Morgan fingerprint density at radius 2 is 1.64 bits per heavy atom. The van der Waals surface area contributed by atoms with Crippen LogP contribution in [0, 0.1) is 5.92 Å². The molecule has 2 aliphatic rings. The number of nitrogens with zero attached hydrogens (tertiary/aromatic N) is 1. The summed E-state index contributed by atoms with van der Waals surface area (Å²) in [5.41, 5.74) is 5.93. The summed E-state index contributed by atoms with van der Waals surface area (Å²) in [6.07, 6.45) is 8.18. The minimum Gasteiger partial charge on any atom is -0.328 e. The highest BCUT2D eigenvalue weighted by atomic mass is 15.2. The predicted molar refractivity (Wildman–Crippen MR) is 60.2 cm³/mol. The van der Waals surface area contributed by atoms with E-state index >= 15 is 0 Å². The molecule has 0 amide bonds. The average Bonchev–Trinajstić information content (AvgIpc) is 2.20. The van der Waals surface area contributed by atoms with Gasteiger partial charge in [-0.2, -0.15) is 0 Å². The average molecular weight is 196 g/mol. The zero-order valence-electron chi connectivity index (χ0n) is 9.41. The first-order chi connectivity index (χ1) is 6.77. The van der Waals surface area contributed by atoms with E-state index in [0.717, 1.165) is 12.0 Å². The summed E-state index contributed by atoms with van der Waals surface area (Å²) < 4.78 is 0. The topological polar surface area (TPSA) is 29.3 Å². The highest BCUT2D eigenvalue weighted by molar-refractivity contribution is 4.85. The molecule has 0 radical (unpaired) electrons. The number of likely N-dealkylation sites (tertiary alicyclic amines) is 1. The zero-order chi connectivity index (χ0) is 9.97. The lowest BCUT2D eigenvalue weighted by molar-refractivity contribution is 0.0866. The van der Waals surface area contributed by atoms with Crippen molar-refractivity contribution in [3.63, 3.8) is 0 Å². The lowest BCUT2D eigenvalue weighted by Gasteiger charge is -2.41. The summed E-state index contributed by atoms with van der Waals surface area (Å²) >= 11 is 0. The Morgan fingerprint density at radius 1 is 1.00 bits per heavy atom. The second-order valence-electron chi connectivity index (χ2n) is 5.20. The Kier molecular flexibility index (Phi) is 3.45. The Labute approximate surface area is 87.8 Å². The maximum atomic E-state index is 5.93. The van der Waals surface area contributed by atoms with Crippen LogP contribution in [0.1, 0.15) is 45.4 Å². The molecule has 0 aromatic heterocycles. The molecule has 1 heterocycles. The van der Waals surface area contributed by atoms with Gasteiger partial charge in [-0.1, -0.05) is 19.8 Å². The van der Waals surface area contributed by atoms with Crippen molar-refractivity contribution in [3.05, 3.63) is 0 Å².